The number of aromatic nitrogens is 1. The van der Waals surface area contributed by atoms with Gasteiger partial charge >= 0.3 is 0 Å². The van der Waals surface area contributed by atoms with Gasteiger partial charge in [0.05, 0.1) is 12.6 Å². The molecule has 2 aliphatic heterocycles. The molecule has 2 saturated heterocycles. The lowest BCUT2D eigenvalue weighted by atomic mass is 9.86. The van der Waals surface area contributed by atoms with Crippen LogP contribution >= 0.6 is 11.3 Å². The van der Waals surface area contributed by atoms with E-state index in [0.717, 1.165) is 10.4 Å². The maximum absolute atomic E-state index is 13.9. The number of benzene rings is 1. The van der Waals surface area contributed by atoms with Crippen LogP contribution < -0.4 is 5.32 Å². The molecule has 2 amide bonds. The highest BCUT2D eigenvalue weighted by atomic mass is 32.2. The Bertz CT molecular complexity index is 1500. The quantitative estimate of drug-likeness (QED) is 0.459. The van der Waals surface area contributed by atoms with Gasteiger partial charge in [-0.1, -0.05) is 39.0 Å². The fraction of sp³-hybridized carbons (Fsp3) is 0.379. The molecule has 2 aromatic heterocycles. The lowest BCUT2D eigenvalue weighted by Crippen LogP contribution is -2.53. The van der Waals surface area contributed by atoms with E-state index in [-0.39, 0.29) is 41.5 Å². The van der Waals surface area contributed by atoms with Crippen molar-refractivity contribution in [1.29, 1.82) is 0 Å². The highest BCUT2D eigenvalue weighted by molar-refractivity contribution is 7.89. The van der Waals surface area contributed by atoms with Crippen molar-refractivity contribution in [3.05, 3.63) is 82.3 Å². The van der Waals surface area contributed by atoms with E-state index < -0.39 is 34.1 Å². The zero-order valence-corrected chi connectivity index (χ0v) is 24.2. The van der Waals surface area contributed by atoms with Crippen LogP contribution in [-0.4, -0.2) is 71.4 Å². The predicted molar refractivity (Wildman–Crippen MR) is 151 cm³/mol. The van der Waals surface area contributed by atoms with Crippen LogP contribution in [0.4, 0.5) is 0 Å². The molecule has 40 heavy (non-hydrogen) atoms. The van der Waals surface area contributed by atoms with Crippen molar-refractivity contribution in [3.63, 3.8) is 0 Å². The number of thiophene rings is 1. The van der Waals surface area contributed by atoms with Crippen LogP contribution in [0.2, 0.25) is 0 Å². The Kier molecular flexibility index (Phi) is 7.64. The van der Waals surface area contributed by atoms with Crippen LogP contribution in [-0.2, 0) is 31.4 Å². The van der Waals surface area contributed by atoms with E-state index in [2.05, 4.69) is 31.1 Å². The zero-order valence-electron chi connectivity index (χ0n) is 22.6. The average molecular weight is 581 g/mol. The molecule has 3 atom stereocenters. The Morgan fingerprint density at radius 2 is 1.88 bits per heavy atom. The molecule has 1 aromatic carbocycles. The molecule has 2 aliphatic rings. The lowest BCUT2D eigenvalue weighted by molar-refractivity contribution is -0.138. The Morgan fingerprint density at radius 3 is 2.50 bits per heavy atom. The lowest BCUT2D eigenvalue weighted by Gasteiger charge is -2.28. The number of amides is 2. The SMILES string of the molecule is CC(C)(C)c1ccc(C(=O)NC(Cc2cccs2)C(=O)N2CCC3C2C(=O)CN3S(=O)(=O)c2cccnc2)cc1. The van der Waals surface area contributed by atoms with Gasteiger partial charge in [-0.05, 0) is 53.1 Å². The maximum Gasteiger partial charge on any atom is 0.251 e. The topological polar surface area (TPSA) is 117 Å². The van der Waals surface area contributed by atoms with E-state index in [1.165, 1.54) is 45.1 Å². The molecule has 1 N–H and O–H groups in total. The van der Waals surface area contributed by atoms with Crippen molar-refractivity contribution >= 4 is 39.0 Å². The molecular weight excluding hydrogens is 548 g/mol. The molecule has 0 radical (unpaired) electrons. The molecule has 11 heteroatoms. The monoisotopic (exact) mass is 580 g/mol. The molecule has 4 heterocycles. The van der Waals surface area contributed by atoms with Gasteiger partial charge in [-0.25, -0.2) is 8.42 Å². The summed E-state index contributed by atoms with van der Waals surface area (Å²) in [5.41, 5.74) is 1.46. The van der Waals surface area contributed by atoms with Gasteiger partial charge in [0, 0.05) is 35.8 Å². The molecule has 0 spiro atoms. The number of hydrogen-bond donors (Lipinski definition) is 1. The Morgan fingerprint density at radius 1 is 1.12 bits per heavy atom. The standard InChI is InChI=1S/C29H32N4O5S2/c1-29(2,3)20-10-8-19(9-11-20)27(35)31-23(16-21-6-5-15-39-21)28(36)32-14-12-24-26(32)25(34)18-33(24)40(37,38)22-7-4-13-30-17-22/h4-11,13,15,17,23-24,26H,12,14,16,18H2,1-3H3,(H,31,35). The molecule has 210 valence electrons. The van der Waals surface area contributed by atoms with E-state index in [1.54, 1.807) is 12.1 Å². The fourth-order valence-corrected chi connectivity index (χ4v) is 7.71. The molecular formula is C29H32N4O5S2. The van der Waals surface area contributed by atoms with Crippen LogP contribution in [0.5, 0.6) is 0 Å². The first-order valence-corrected chi connectivity index (χ1v) is 15.5. The second-order valence-electron chi connectivity index (χ2n) is 11.2. The van der Waals surface area contributed by atoms with Crippen molar-refractivity contribution in [2.75, 3.05) is 13.1 Å². The van der Waals surface area contributed by atoms with Crippen molar-refractivity contribution < 1.29 is 22.8 Å². The van der Waals surface area contributed by atoms with Gasteiger partial charge < -0.3 is 10.2 Å². The maximum atomic E-state index is 13.9. The van der Waals surface area contributed by atoms with Gasteiger partial charge in [0.2, 0.25) is 15.9 Å². The minimum Gasteiger partial charge on any atom is -0.340 e. The number of nitrogens with one attached hydrogen (secondary N) is 1. The number of carbonyl (C=O) groups excluding carboxylic acids is 3. The molecule has 9 nitrogen and oxygen atoms in total. The molecule has 3 aromatic rings. The van der Waals surface area contributed by atoms with Crippen LogP contribution in [0.3, 0.4) is 0 Å². The van der Waals surface area contributed by atoms with Crippen molar-refractivity contribution in [2.45, 2.75) is 62.0 Å². The molecule has 0 aliphatic carbocycles. The summed E-state index contributed by atoms with van der Waals surface area (Å²) in [7, 11) is -3.96. The average Bonchev–Trinajstić information content (AvgIpc) is 3.67. The van der Waals surface area contributed by atoms with Crippen molar-refractivity contribution in [2.24, 2.45) is 0 Å². The number of sulfonamides is 1. The summed E-state index contributed by atoms with van der Waals surface area (Å²) >= 11 is 1.48. The smallest absolute Gasteiger partial charge is 0.251 e. The van der Waals surface area contributed by atoms with Crippen LogP contribution in [0.25, 0.3) is 0 Å². The molecule has 2 fully saturated rings. The number of pyridine rings is 1. The number of nitrogens with zero attached hydrogens (tertiary/aromatic N) is 3. The summed E-state index contributed by atoms with van der Waals surface area (Å²) in [6.45, 7) is 6.19. The number of ketones is 1. The van der Waals surface area contributed by atoms with Gasteiger partial charge in [0.1, 0.15) is 17.0 Å². The van der Waals surface area contributed by atoms with Crippen LogP contribution in [0.1, 0.15) is 48.0 Å². The number of Topliss-reactive ketones (excluding diaryl/α,β-unsaturated/α-hetero) is 1. The summed E-state index contributed by atoms with van der Waals surface area (Å²) < 4.78 is 27.8. The Balaban J connectivity index is 1.37. The van der Waals surface area contributed by atoms with Crippen LogP contribution in [0.15, 0.2) is 71.2 Å². The highest BCUT2D eigenvalue weighted by Gasteiger charge is 2.54. The highest BCUT2D eigenvalue weighted by Crippen LogP contribution is 2.34. The minimum atomic E-state index is -3.96. The molecule has 3 unspecified atom stereocenters. The summed E-state index contributed by atoms with van der Waals surface area (Å²) in [4.78, 5) is 46.6. The molecule has 5 rings (SSSR count). The number of fused-ring (bicyclic) bond motifs is 1. The number of hydrogen-bond acceptors (Lipinski definition) is 7. The first kappa shape index (κ1) is 28.1. The van der Waals surface area contributed by atoms with E-state index in [0.29, 0.717) is 12.0 Å². The minimum absolute atomic E-state index is 0.00791. The number of rotatable bonds is 7. The summed E-state index contributed by atoms with van der Waals surface area (Å²) in [5, 5.41) is 4.79. The van der Waals surface area contributed by atoms with E-state index in [4.69, 9.17) is 0 Å². The van der Waals surface area contributed by atoms with Crippen molar-refractivity contribution in [1.82, 2.24) is 19.5 Å². The largest absolute Gasteiger partial charge is 0.340 e. The normalized spacial score (nSPS) is 20.4. The fourth-order valence-electron chi connectivity index (χ4n) is 5.37. The summed E-state index contributed by atoms with van der Waals surface area (Å²) in [6, 6.07) is 11.6. The summed E-state index contributed by atoms with van der Waals surface area (Å²) in [5.74, 6) is -1.11. The van der Waals surface area contributed by atoms with Gasteiger partial charge in [-0.15, -0.1) is 11.3 Å². The Labute approximate surface area is 238 Å². The van der Waals surface area contributed by atoms with E-state index in [1.807, 2.05) is 29.6 Å². The second kappa shape index (κ2) is 10.9. The van der Waals surface area contributed by atoms with Gasteiger partial charge in [-0.2, -0.15) is 4.31 Å². The predicted octanol–water partition coefficient (Wildman–Crippen LogP) is 3.02. The van der Waals surface area contributed by atoms with Crippen molar-refractivity contribution in [3.8, 4) is 0 Å². The first-order valence-electron chi connectivity index (χ1n) is 13.2. The second-order valence-corrected chi connectivity index (χ2v) is 14.1. The third-order valence-electron chi connectivity index (χ3n) is 7.50. The summed E-state index contributed by atoms with van der Waals surface area (Å²) in [6.07, 6.45) is 3.33. The van der Waals surface area contributed by atoms with Crippen LogP contribution in [0, 0.1) is 0 Å². The number of likely N-dealkylation sites (tertiary alicyclic amines) is 1. The number of carbonyl (C=O) groups is 3. The Hall–Kier alpha value is -3.41. The van der Waals surface area contributed by atoms with Gasteiger partial charge in [0.15, 0.2) is 5.78 Å². The first-order chi connectivity index (χ1) is 19.0. The molecule has 0 bridgehead atoms. The van der Waals surface area contributed by atoms with Gasteiger partial charge in [0.25, 0.3) is 5.91 Å². The zero-order chi connectivity index (χ0) is 28.7. The molecule has 0 saturated carbocycles. The third-order valence-corrected chi connectivity index (χ3v) is 10.3. The van der Waals surface area contributed by atoms with E-state index >= 15 is 0 Å². The third kappa shape index (κ3) is 5.45. The van der Waals surface area contributed by atoms with E-state index in [9.17, 15) is 22.8 Å². The van der Waals surface area contributed by atoms with Gasteiger partial charge in [-0.3, -0.25) is 19.4 Å².